The van der Waals surface area contributed by atoms with E-state index in [9.17, 15) is 0 Å². The lowest BCUT2D eigenvalue weighted by Gasteiger charge is -2.24. The van der Waals surface area contributed by atoms with E-state index in [1.165, 1.54) is 5.56 Å². The van der Waals surface area contributed by atoms with Crippen molar-refractivity contribution in [2.45, 2.75) is 33.2 Å². The van der Waals surface area contributed by atoms with Gasteiger partial charge in [0.1, 0.15) is 0 Å². The molecule has 0 radical (unpaired) electrons. The van der Waals surface area contributed by atoms with Crippen LogP contribution in [0.5, 0.6) is 0 Å². The zero-order chi connectivity index (χ0) is 10.8. The minimum Gasteiger partial charge on any atom is -0.380 e. The summed E-state index contributed by atoms with van der Waals surface area (Å²) >= 11 is 0. The maximum absolute atomic E-state index is 4.10. The number of hydrogen-bond acceptors (Lipinski definition) is 2. The second-order valence-electron chi connectivity index (χ2n) is 4.54. The number of rotatable bonds is 2. The van der Waals surface area contributed by atoms with E-state index < -0.39 is 0 Å². The van der Waals surface area contributed by atoms with Gasteiger partial charge in [-0.25, -0.2) is 0 Å². The summed E-state index contributed by atoms with van der Waals surface area (Å²) in [6.45, 7) is 12.4. The molecule has 1 N–H and O–H groups in total. The lowest BCUT2D eigenvalue weighted by atomic mass is 10.1. The fourth-order valence-electron chi connectivity index (χ4n) is 1.30. The molecule has 0 amide bonds. The lowest BCUT2D eigenvalue weighted by Crippen LogP contribution is -2.34. The topological polar surface area (TPSA) is 24.9 Å². The summed E-state index contributed by atoms with van der Waals surface area (Å²) in [4.78, 5) is 4.10. The van der Waals surface area contributed by atoms with Gasteiger partial charge in [-0.3, -0.25) is 4.98 Å². The third-order valence-electron chi connectivity index (χ3n) is 1.89. The van der Waals surface area contributed by atoms with Gasteiger partial charge in [-0.15, -0.1) is 0 Å². The number of aryl methyl sites for hydroxylation is 1. The van der Waals surface area contributed by atoms with Crippen molar-refractivity contribution < 1.29 is 0 Å². The highest BCUT2D eigenvalue weighted by Crippen LogP contribution is 2.16. The van der Waals surface area contributed by atoms with Crippen molar-refractivity contribution in [3.63, 3.8) is 0 Å². The Labute approximate surface area is 86.1 Å². The van der Waals surface area contributed by atoms with Crippen LogP contribution in [0.2, 0.25) is 0 Å². The molecule has 0 atom stereocenters. The number of hydrogen-bond donors (Lipinski definition) is 1. The van der Waals surface area contributed by atoms with Crippen LogP contribution >= 0.6 is 0 Å². The van der Waals surface area contributed by atoms with Crippen molar-refractivity contribution >= 4 is 5.70 Å². The second kappa shape index (κ2) is 3.82. The van der Waals surface area contributed by atoms with Gasteiger partial charge < -0.3 is 5.32 Å². The molecule has 0 unspecified atom stereocenters. The minimum absolute atomic E-state index is 0.0410. The molecule has 0 saturated heterocycles. The van der Waals surface area contributed by atoms with Crippen LogP contribution in [0.4, 0.5) is 0 Å². The maximum Gasteiger partial charge on any atom is 0.0363 e. The zero-order valence-electron chi connectivity index (χ0n) is 9.39. The Morgan fingerprint density at radius 2 is 2.07 bits per heavy atom. The van der Waals surface area contributed by atoms with Crippen LogP contribution in [0.25, 0.3) is 5.70 Å². The van der Waals surface area contributed by atoms with E-state index in [2.05, 4.69) is 44.6 Å². The van der Waals surface area contributed by atoms with Gasteiger partial charge in [-0.05, 0) is 39.3 Å². The first-order valence-corrected chi connectivity index (χ1v) is 4.78. The highest BCUT2D eigenvalue weighted by atomic mass is 15.0. The van der Waals surface area contributed by atoms with E-state index in [0.29, 0.717) is 0 Å². The summed E-state index contributed by atoms with van der Waals surface area (Å²) in [5.74, 6) is 0. The summed E-state index contributed by atoms with van der Waals surface area (Å²) in [5.41, 5.74) is 3.26. The van der Waals surface area contributed by atoms with Crippen molar-refractivity contribution in [2.24, 2.45) is 0 Å². The molecule has 1 aromatic rings. The predicted octanol–water partition coefficient (Wildman–Crippen LogP) is 2.75. The molecule has 0 bridgehead atoms. The van der Waals surface area contributed by atoms with Crippen molar-refractivity contribution in [2.75, 3.05) is 0 Å². The van der Waals surface area contributed by atoms with Gasteiger partial charge in [0, 0.05) is 29.2 Å². The van der Waals surface area contributed by atoms with E-state index >= 15 is 0 Å². The van der Waals surface area contributed by atoms with Gasteiger partial charge in [0.15, 0.2) is 0 Å². The van der Waals surface area contributed by atoms with Crippen molar-refractivity contribution in [1.82, 2.24) is 10.3 Å². The van der Waals surface area contributed by atoms with Crippen LogP contribution in [-0.2, 0) is 0 Å². The standard InChI is InChI=1S/C12H18N2/c1-9-6-7-13-8-11(9)10(2)14-12(3,4)5/h6-8,14H,2H2,1,3-5H3. The minimum atomic E-state index is 0.0410. The lowest BCUT2D eigenvalue weighted by molar-refractivity contribution is 0.501. The fraction of sp³-hybridized carbons (Fsp3) is 0.417. The Balaban J connectivity index is 2.86. The van der Waals surface area contributed by atoms with Crippen LogP contribution in [0.15, 0.2) is 25.0 Å². The molecule has 0 aliphatic rings. The molecule has 0 fully saturated rings. The molecular weight excluding hydrogens is 172 g/mol. The summed E-state index contributed by atoms with van der Waals surface area (Å²) in [6, 6.07) is 1.99. The Hall–Kier alpha value is -1.31. The average molecular weight is 190 g/mol. The van der Waals surface area contributed by atoms with Gasteiger partial charge in [0.05, 0.1) is 0 Å². The predicted molar refractivity (Wildman–Crippen MR) is 60.9 cm³/mol. The fourth-order valence-corrected chi connectivity index (χ4v) is 1.30. The summed E-state index contributed by atoms with van der Waals surface area (Å²) in [7, 11) is 0. The van der Waals surface area contributed by atoms with Crippen molar-refractivity contribution in [3.05, 3.63) is 36.2 Å². The molecule has 2 heteroatoms. The first kappa shape index (κ1) is 10.8. The molecule has 2 nitrogen and oxygen atoms in total. The van der Waals surface area contributed by atoms with Crippen molar-refractivity contribution in [1.29, 1.82) is 0 Å². The Kier molecular flexibility index (Phi) is 2.94. The Bertz CT molecular complexity index is 334. The molecule has 1 heterocycles. The first-order valence-electron chi connectivity index (χ1n) is 4.78. The number of pyridine rings is 1. The number of nitrogens with zero attached hydrogens (tertiary/aromatic N) is 1. The molecule has 76 valence electrons. The smallest absolute Gasteiger partial charge is 0.0363 e. The van der Waals surface area contributed by atoms with Crippen LogP contribution in [0.1, 0.15) is 31.9 Å². The molecule has 0 spiro atoms. The van der Waals surface area contributed by atoms with E-state index in [4.69, 9.17) is 0 Å². The van der Waals surface area contributed by atoms with E-state index in [1.54, 1.807) is 6.20 Å². The number of nitrogens with one attached hydrogen (secondary N) is 1. The molecular formula is C12H18N2. The summed E-state index contributed by atoms with van der Waals surface area (Å²) in [5, 5.41) is 3.34. The van der Waals surface area contributed by atoms with Gasteiger partial charge in [-0.2, -0.15) is 0 Å². The average Bonchev–Trinajstić information content (AvgIpc) is 2.01. The van der Waals surface area contributed by atoms with Gasteiger partial charge in [0.25, 0.3) is 0 Å². The molecule has 0 aliphatic heterocycles. The van der Waals surface area contributed by atoms with Crippen LogP contribution in [0.3, 0.4) is 0 Å². The van der Waals surface area contributed by atoms with Crippen LogP contribution in [0, 0.1) is 6.92 Å². The van der Waals surface area contributed by atoms with Gasteiger partial charge in [-0.1, -0.05) is 6.58 Å². The van der Waals surface area contributed by atoms with E-state index in [-0.39, 0.29) is 5.54 Å². The van der Waals surface area contributed by atoms with Gasteiger partial charge >= 0.3 is 0 Å². The Morgan fingerprint density at radius 1 is 1.43 bits per heavy atom. The maximum atomic E-state index is 4.10. The second-order valence-corrected chi connectivity index (χ2v) is 4.54. The summed E-state index contributed by atoms with van der Waals surface area (Å²) < 4.78 is 0. The van der Waals surface area contributed by atoms with Crippen LogP contribution < -0.4 is 5.32 Å². The molecule has 0 aromatic carbocycles. The SMILES string of the molecule is C=C(NC(C)(C)C)c1cnccc1C. The molecule has 1 aromatic heterocycles. The number of aromatic nitrogens is 1. The normalized spacial score (nSPS) is 11.1. The first-order chi connectivity index (χ1) is 6.40. The van der Waals surface area contributed by atoms with Crippen molar-refractivity contribution in [3.8, 4) is 0 Å². The Morgan fingerprint density at radius 3 is 2.57 bits per heavy atom. The molecule has 14 heavy (non-hydrogen) atoms. The monoisotopic (exact) mass is 190 g/mol. The van der Waals surface area contributed by atoms with Crippen LogP contribution in [-0.4, -0.2) is 10.5 Å². The quantitative estimate of drug-likeness (QED) is 0.775. The van der Waals surface area contributed by atoms with E-state index in [0.717, 1.165) is 11.3 Å². The summed E-state index contributed by atoms with van der Waals surface area (Å²) in [6.07, 6.45) is 3.64. The largest absolute Gasteiger partial charge is 0.380 e. The van der Waals surface area contributed by atoms with Gasteiger partial charge in [0.2, 0.25) is 0 Å². The molecule has 0 aliphatic carbocycles. The molecule has 1 rings (SSSR count). The third kappa shape index (κ3) is 2.87. The van der Waals surface area contributed by atoms with E-state index in [1.807, 2.05) is 12.3 Å². The highest BCUT2D eigenvalue weighted by Gasteiger charge is 2.11. The molecule has 0 saturated carbocycles. The zero-order valence-corrected chi connectivity index (χ0v) is 9.39. The third-order valence-corrected chi connectivity index (χ3v) is 1.89. The highest BCUT2D eigenvalue weighted by molar-refractivity contribution is 5.64.